The van der Waals surface area contributed by atoms with Crippen molar-refractivity contribution in [3.05, 3.63) is 207 Å². The summed E-state index contributed by atoms with van der Waals surface area (Å²) < 4.78 is 96.8. The number of hydrogen-bond acceptors (Lipinski definition) is 15. The molecule has 0 aromatic heterocycles. The van der Waals surface area contributed by atoms with Crippen molar-refractivity contribution in [3.8, 4) is 16.9 Å². The number of Topliss-reactive ketones (excluding diaryl/α,β-unsaturated/α-hetero) is 1. The number of aliphatic carboxylic acids is 1. The van der Waals surface area contributed by atoms with Gasteiger partial charge in [-0.1, -0.05) is 80.8 Å². The highest BCUT2D eigenvalue weighted by Gasteiger charge is 2.41. The first-order valence-corrected chi connectivity index (χ1v) is 40.1. The number of carbonyl (C=O) groups is 3. The Bertz CT molecular complexity index is 4940. The van der Waals surface area contributed by atoms with Crippen molar-refractivity contribution in [1.29, 1.82) is 0 Å². The molecule has 1 amide bonds. The molecule has 1 aliphatic heterocycles. The van der Waals surface area contributed by atoms with Crippen LogP contribution in [0.5, 0.6) is 5.75 Å². The van der Waals surface area contributed by atoms with Crippen molar-refractivity contribution < 1.29 is 73.8 Å². The number of halogens is 3. The number of hydrogen-bond donors (Lipinski definition) is 4. The Hall–Kier alpha value is -8.60. The number of benzene rings is 7. The Balaban J connectivity index is 0.00000189. The van der Waals surface area contributed by atoms with E-state index in [1.54, 1.807) is 26.0 Å². The van der Waals surface area contributed by atoms with E-state index in [2.05, 4.69) is 172 Å². The number of sulfonamides is 2. The second kappa shape index (κ2) is 33.9. The van der Waals surface area contributed by atoms with Crippen molar-refractivity contribution in [3.63, 3.8) is 0 Å². The Labute approximate surface area is 617 Å². The van der Waals surface area contributed by atoms with Gasteiger partial charge >= 0.3 is 21.0 Å². The van der Waals surface area contributed by atoms with E-state index in [-0.39, 0.29) is 52.3 Å². The molecule has 27 heteroatoms. The van der Waals surface area contributed by atoms with Gasteiger partial charge in [0, 0.05) is 117 Å². The van der Waals surface area contributed by atoms with Gasteiger partial charge in [-0.2, -0.15) is 13.2 Å². The first kappa shape index (κ1) is 82.1. The van der Waals surface area contributed by atoms with Crippen molar-refractivity contribution in [2.24, 2.45) is 0 Å². The Morgan fingerprint density at radius 3 is 1.79 bits per heavy atom. The first-order valence-electron chi connectivity index (χ1n) is 34.2. The third kappa shape index (κ3) is 18.8. The van der Waals surface area contributed by atoms with Crippen LogP contribution in [0.3, 0.4) is 0 Å². The predicted molar refractivity (Wildman–Crippen MR) is 413 cm³/mol. The van der Waals surface area contributed by atoms with Crippen LogP contribution in [0.2, 0.25) is 13.1 Å². The summed E-state index contributed by atoms with van der Waals surface area (Å²) in [6, 6.07) is 35.3. The highest BCUT2D eigenvalue weighted by Crippen LogP contribution is 2.45. The molecule has 1 aliphatic carbocycles. The summed E-state index contributed by atoms with van der Waals surface area (Å²) in [6.45, 7) is 22.3. The van der Waals surface area contributed by atoms with Crippen LogP contribution < -0.4 is 30.6 Å². The third-order valence-corrected chi connectivity index (χ3v) is 26.3. The molecular formula is C78H93B2F3N7O12S2Si. The molecule has 19 nitrogen and oxygen atoms in total. The van der Waals surface area contributed by atoms with Gasteiger partial charge in [0.15, 0.2) is 11.5 Å². The van der Waals surface area contributed by atoms with Gasteiger partial charge in [0.05, 0.1) is 9.79 Å². The van der Waals surface area contributed by atoms with Gasteiger partial charge in [0.2, 0.25) is 26.0 Å². The van der Waals surface area contributed by atoms with E-state index < -0.39 is 47.4 Å². The number of unbranched alkanes of at least 4 members (excludes halogenated alkanes) is 1. The Morgan fingerprint density at radius 2 is 1.24 bits per heavy atom. The lowest BCUT2D eigenvalue weighted by Gasteiger charge is -2.38. The molecule has 4 N–H and O–H groups in total. The maximum Gasteiger partial charge on any atom is 0.569 e. The number of amides is 1. The summed E-state index contributed by atoms with van der Waals surface area (Å²) >= 11 is 0. The first-order chi connectivity index (χ1) is 49.2. The predicted octanol–water partition coefficient (Wildman–Crippen LogP) is 8.61. The molecule has 105 heavy (non-hydrogen) atoms. The fourth-order valence-corrected chi connectivity index (χ4v) is 18.4. The molecule has 0 atom stereocenters. The number of aryl methyl sites for hydroxylation is 2. The molecule has 1 radical (unpaired) electrons. The van der Waals surface area contributed by atoms with Gasteiger partial charge in [-0.3, -0.25) is 19.4 Å². The fourth-order valence-electron chi connectivity index (χ4n) is 13.4. The van der Waals surface area contributed by atoms with Crippen LogP contribution in [0, 0.1) is 13.8 Å². The average molecular weight is 1490 g/mol. The average Bonchev–Trinajstić information content (AvgIpc) is 0.722. The van der Waals surface area contributed by atoms with Crippen molar-refractivity contribution in [2.45, 2.75) is 109 Å². The standard InChI is InChI=1S/C76H92B2N7O10S2Si.C2HF3O2/c1-49(2)71(86)24-19-20-36-84(46-55-40-59(97(93,94)83(13)14)29-34-72(55)95-77-88)48-69-61-23-18-17-22-60(61)68(47-85(37-21-35-79-76(87)50(3)4)45-54-39-58(96(91,92)82(11)12)28-33-70(54)78(89)90)62-30-25-53(41-67(62)69)65-44-66(52(6)38-51(65)5)75-63-31-26-56(80(7)8)42-73(63)98(15,16)74-43-57(81(9)10)27-32-64(74)75;3-2(4,5)1(6)7/h17-18,22-23,25-34,38-44,88-90H,1,3,19-21,24,35-37,45-48H2,2,4-16H3;(H,6,7). The molecule has 7 aromatic carbocycles. The number of allylic oxidation sites excluding steroid dienone is 6. The molecular weight excluding hydrogens is 1400 g/mol. The van der Waals surface area contributed by atoms with Gasteiger partial charge in [-0.05, 0) is 218 Å². The molecule has 2 aliphatic rings. The number of nitrogens with one attached hydrogen (secondary N) is 1. The maximum absolute atomic E-state index is 13.8. The second-order valence-corrected chi connectivity index (χ2v) is 36.7. The zero-order chi connectivity index (χ0) is 77.5. The zero-order valence-electron chi connectivity index (χ0n) is 62.1. The highest BCUT2D eigenvalue weighted by molar-refractivity contribution is 7.89. The van der Waals surface area contributed by atoms with Gasteiger partial charge in [-0.25, -0.2) is 30.0 Å². The van der Waals surface area contributed by atoms with Gasteiger partial charge in [0.25, 0.3) is 0 Å². The fraction of sp³-hybridized carbons (Fsp3) is 0.333. The minimum Gasteiger partial charge on any atom is -0.542 e. The monoisotopic (exact) mass is 1490 g/mol. The Morgan fingerprint density at radius 1 is 0.676 bits per heavy atom. The lowest BCUT2D eigenvalue weighted by molar-refractivity contribution is -0.462. The number of carbonyl (C=O) groups excluding carboxylic acids is 3. The maximum atomic E-state index is 13.8. The molecule has 0 unspecified atom stereocenters. The third-order valence-electron chi connectivity index (χ3n) is 19.2. The van der Waals surface area contributed by atoms with E-state index in [9.17, 15) is 54.7 Å². The number of nitrogens with zero attached hydrogens (tertiary/aromatic N) is 6. The van der Waals surface area contributed by atoms with Gasteiger partial charge < -0.3 is 39.8 Å². The summed E-state index contributed by atoms with van der Waals surface area (Å²) in [6.07, 6.45) is 3.62. The molecule has 0 spiro atoms. The smallest absolute Gasteiger partial charge is 0.542 e. The minimum atomic E-state index is -5.19. The van der Waals surface area contributed by atoms with E-state index in [0.29, 0.717) is 81.8 Å². The number of anilines is 1. The van der Waals surface area contributed by atoms with Crippen LogP contribution in [-0.4, -0.2) is 183 Å². The summed E-state index contributed by atoms with van der Waals surface area (Å²) in [5, 5.41) is 50.1. The molecule has 555 valence electrons. The quantitative estimate of drug-likeness (QED) is 0.0113. The molecule has 0 bridgehead atoms. The van der Waals surface area contributed by atoms with Crippen molar-refractivity contribution >= 4 is 110 Å². The molecule has 9 rings (SSSR count). The second-order valence-electron chi connectivity index (χ2n) is 28.1. The van der Waals surface area contributed by atoms with Crippen LogP contribution >= 0.6 is 0 Å². The Kier molecular flexibility index (Phi) is 26.5. The highest BCUT2D eigenvalue weighted by atomic mass is 32.2. The normalized spacial score (nSPS) is 13.6. The van der Waals surface area contributed by atoms with Crippen LogP contribution in [0.25, 0.3) is 38.2 Å². The molecule has 7 aromatic rings. The number of carboxylic acids is 1. The van der Waals surface area contributed by atoms with Gasteiger partial charge in [0.1, 0.15) is 33.9 Å². The number of fused-ring (bicyclic) bond motifs is 4. The topological polar surface area (TPSA) is 244 Å². The number of rotatable bonds is 29. The summed E-state index contributed by atoms with van der Waals surface area (Å²) in [7, 11) is 2.64. The lowest BCUT2D eigenvalue weighted by atomic mass is 9.77. The van der Waals surface area contributed by atoms with E-state index in [0.717, 1.165) is 80.5 Å². The summed E-state index contributed by atoms with van der Waals surface area (Å²) in [4.78, 5) is 41.3. The van der Waals surface area contributed by atoms with Gasteiger partial charge in [-0.15, -0.1) is 0 Å². The molecule has 0 fully saturated rings. The molecule has 0 saturated carbocycles. The molecule has 1 heterocycles. The van der Waals surface area contributed by atoms with E-state index in [4.69, 9.17) is 14.6 Å². The van der Waals surface area contributed by atoms with Crippen LogP contribution in [0.1, 0.15) is 84.0 Å². The molecule has 0 saturated heterocycles. The van der Waals surface area contributed by atoms with Crippen LogP contribution in [-0.2, 0) is 60.6 Å². The van der Waals surface area contributed by atoms with Crippen molar-refractivity contribution in [2.75, 3.05) is 80.9 Å². The minimum absolute atomic E-state index is 0.0120. The van der Waals surface area contributed by atoms with Crippen molar-refractivity contribution in [1.82, 2.24) is 23.7 Å². The van der Waals surface area contributed by atoms with E-state index in [1.165, 1.54) is 79.5 Å². The number of ketones is 1. The number of carboxylic acid groups (broad SMARTS) is 1. The summed E-state index contributed by atoms with van der Waals surface area (Å²) in [5.41, 5.74) is 15.0. The number of alkyl halides is 3. The lowest BCUT2D eigenvalue weighted by Crippen LogP contribution is -2.49. The zero-order valence-corrected chi connectivity index (χ0v) is 64.8. The van der Waals surface area contributed by atoms with Crippen LogP contribution in [0.4, 0.5) is 18.9 Å². The van der Waals surface area contributed by atoms with E-state index in [1.807, 2.05) is 12.1 Å². The summed E-state index contributed by atoms with van der Waals surface area (Å²) in [5.74, 6) is -3.06. The SMILES string of the molecule is C=C(C)C(=O)CCCCN(Cc1cc(S(=O)(=O)N(C)C)ccc1O[B]O)Cc1c2ccccc2c(CN(CCCNC(=O)C(=C)C)Cc2cc(S(=O)(=O)N(C)C)ccc2B(O)O)c2ccc(-c3cc(C4=C5C=CC(=[N+](C)C)C=C5[Si](C)(C)c5cc(N(C)C)ccc54)c(C)cc3C)cc12.O=C([O-])C(F)(F)F. The van der Waals surface area contributed by atoms with Crippen LogP contribution in [0.15, 0.2) is 172 Å². The van der Waals surface area contributed by atoms with E-state index >= 15 is 0 Å². The largest absolute Gasteiger partial charge is 0.569 e.